The van der Waals surface area contributed by atoms with E-state index in [-0.39, 0.29) is 11.1 Å². The van der Waals surface area contributed by atoms with Crippen molar-refractivity contribution in [2.24, 2.45) is 0 Å². The first-order valence-corrected chi connectivity index (χ1v) is 5.18. The Labute approximate surface area is 104 Å². The zero-order valence-corrected chi connectivity index (χ0v) is 10.0. The molecule has 0 saturated heterocycles. The van der Waals surface area contributed by atoms with Crippen LogP contribution in [0.1, 0.15) is 19.4 Å². The van der Waals surface area contributed by atoms with Crippen molar-refractivity contribution in [3.63, 3.8) is 0 Å². The van der Waals surface area contributed by atoms with Crippen LogP contribution in [-0.2, 0) is 9.59 Å². The molecule has 0 heterocycles. The fraction of sp³-hybridized carbons (Fsp3) is 0.154. The molecule has 1 aromatic carbocycles. The Morgan fingerprint density at radius 3 is 2.50 bits per heavy atom. The van der Waals surface area contributed by atoms with E-state index in [9.17, 15) is 9.59 Å². The molecule has 92 valence electrons. The molecule has 5 nitrogen and oxygen atoms in total. The minimum absolute atomic E-state index is 0.0102. The molecule has 0 bridgehead atoms. The number of carboxylic acids is 1. The van der Waals surface area contributed by atoms with Crippen molar-refractivity contribution in [3.05, 3.63) is 41.0 Å². The summed E-state index contributed by atoms with van der Waals surface area (Å²) in [6, 6.07) is 8.34. The van der Waals surface area contributed by atoms with Gasteiger partial charge in [0.25, 0.3) is 5.91 Å². The lowest BCUT2D eigenvalue weighted by Gasteiger charge is -2.07. The van der Waals surface area contributed by atoms with Crippen LogP contribution in [0.5, 0.6) is 0 Å². The Morgan fingerprint density at radius 1 is 1.28 bits per heavy atom. The predicted molar refractivity (Wildman–Crippen MR) is 65.8 cm³/mol. The fourth-order valence-electron chi connectivity index (χ4n) is 1.22. The number of carbonyl (C=O) groups is 2. The summed E-state index contributed by atoms with van der Waals surface area (Å²) >= 11 is 0. The first kappa shape index (κ1) is 13.5. The number of nitriles is 1. The molecule has 0 aliphatic carbocycles. The van der Waals surface area contributed by atoms with E-state index in [0.29, 0.717) is 11.3 Å². The summed E-state index contributed by atoms with van der Waals surface area (Å²) in [7, 11) is 0. The van der Waals surface area contributed by atoms with Crippen molar-refractivity contribution in [2.45, 2.75) is 13.8 Å². The Bertz CT molecular complexity index is 568. The summed E-state index contributed by atoms with van der Waals surface area (Å²) in [5, 5.41) is 20.0. The molecule has 0 atom stereocenters. The predicted octanol–water partition coefficient (Wildman–Crippen LogP) is 1.92. The van der Waals surface area contributed by atoms with Crippen LogP contribution in [0, 0.1) is 11.3 Å². The smallest absolute Gasteiger partial charge is 0.331 e. The molecule has 0 aromatic heterocycles. The Hall–Kier alpha value is -2.61. The van der Waals surface area contributed by atoms with Gasteiger partial charge in [0.05, 0.1) is 11.6 Å². The van der Waals surface area contributed by atoms with Crippen LogP contribution < -0.4 is 5.32 Å². The van der Waals surface area contributed by atoms with Crippen molar-refractivity contribution in [2.75, 3.05) is 5.32 Å². The number of carbonyl (C=O) groups excluding carboxylic acids is 1. The maximum Gasteiger partial charge on any atom is 0.331 e. The Balaban J connectivity index is 2.92. The number of amides is 1. The molecule has 0 radical (unpaired) electrons. The number of benzene rings is 1. The summed E-state index contributed by atoms with van der Waals surface area (Å²) in [5.74, 6) is -1.63. The molecule has 1 rings (SSSR count). The molecule has 0 unspecified atom stereocenters. The van der Waals surface area contributed by atoms with Gasteiger partial charge >= 0.3 is 5.97 Å². The summed E-state index contributed by atoms with van der Waals surface area (Å²) < 4.78 is 0. The third-order valence-corrected chi connectivity index (χ3v) is 2.47. The number of nitrogens with zero attached hydrogens (tertiary/aromatic N) is 1. The van der Waals surface area contributed by atoms with E-state index in [2.05, 4.69) is 5.32 Å². The number of hydrogen-bond acceptors (Lipinski definition) is 3. The molecule has 1 amide bonds. The normalized spacial score (nSPS) is 11.2. The zero-order chi connectivity index (χ0) is 13.7. The SMILES string of the molecule is CC(C(=O)O)=C(C)C(=O)Nc1cccc(C#N)c1. The van der Waals surface area contributed by atoms with E-state index in [1.54, 1.807) is 18.2 Å². The third-order valence-electron chi connectivity index (χ3n) is 2.47. The lowest BCUT2D eigenvalue weighted by atomic mass is 10.1. The van der Waals surface area contributed by atoms with Gasteiger partial charge in [-0.1, -0.05) is 6.07 Å². The van der Waals surface area contributed by atoms with Gasteiger partial charge in [0, 0.05) is 16.8 Å². The number of nitrogens with one attached hydrogen (secondary N) is 1. The van der Waals surface area contributed by atoms with Gasteiger partial charge in [0.15, 0.2) is 0 Å². The summed E-state index contributed by atoms with van der Waals surface area (Å²) in [6.45, 7) is 2.80. The molecular weight excluding hydrogens is 232 g/mol. The van der Waals surface area contributed by atoms with Crippen LogP contribution in [0.15, 0.2) is 35.4 Å². The number of rotatable bonds is 3. The fourth-order valence-corrected chi connectivity index (χ4v) is 1.22. The molecule has 0 spiro atoms. The van der Waals surface area contributed by atoms with Crippen molar-refractivity contribution < 1.29 is 14.7 Å². The van der Waals surface area contributed by atoms with E-state index >= 15 is 0 Å². The average Bonchev–Trinajstić information content (AvgIpc) is 2.36. The van der Waals surface area contributed by atoms with E-state index < -0.39 is 11.9 Å². The molecule has 0 fully saturated rings. The Kier molecular flexibility index (Phi) is 4.22. The maximum atomic E-state index is 11.7. The van der Waals surface area contributed by atoms with Crippen LogP contribution >= 0.6 is 0 Å². The average molecular weight is 244 g/mol. The summed E-state index contributed by atoms with van der Waals surface area (Å²) in [6.07, 6.45) is 0. The molecule has 0 aliphatic rings. The molecule has 0 aliphatic heterocycles. The molecule has 1 aromatic rings. The highest BCUT2D eigenvalue weighted by atomic mass is 16.4. The van der Waals surface area contributed by atoms with E-state index in [1.165, 1.54) is 19.9 Å². The largest absolute Gasteiger partial charge is 0.478 e. The van der Waals surface area contributed by atoms with E-state index in [4.69, 9.17) is 10.4 Å². The first-order chi connectivity index (χ1) is 8.45. The highest BCUT2D eigenvalue weighted by Gasteiger charge is 2.12. The van der Waals surface area contributed by atoms with Crippen LogP contribution in [0.3, 0.4) is 0 Å². The second-order valence-electron chi connectivity index (χ2n) is 3.70. The standard InChI is InChI=1S/C13H12N2O3/c1-8(9(2)13(17)18)12(16)15-11-5-3-4-10(6-11)7-14/h3-6H,1-2H3,(H,15,16)(H,17,18). The van der Waals surface area contributed by atoms with Crippen LogP contribution in [0.25, 0.3) is 0 Å². The van der Waals surface area contributed by atoms with E-state index in [0.717, 1.165) is 0 Å². The van der Waals surface area contributed by atoms with Crippen molar-refractivity contribution in [1.29, 1.82) is 5.26 Å². The Morgan fingerprint density at radius 2 is 1.94 bits per heavy atom. The summed E-state index contributed by atoms with van der Waals surface area (Å²) in [4.78, 5) is 22.5. The van der Waals surface area contributed by atoms with Crippen LogP contribution in [0.2, 0.25) is 0 Å². The minimum Gasteiger partial charge on any atom is -0.478 e. The van der Waals surface area contributed by atoms with Gasteiger partial charge in [-0.3, -0.25) is 4.79 Å². The third kappa shape index (κ3) is 3.19. The maximum absolute atomic E-state index is 11.7. The monoisotopic (exact) mass is 244 g/mol. The highest BCUT2D eigenvalue weighted by molar-refractivity contribution is 6.08. The van der Waals surface area contributed by atoms with Gasteiger partial charge < -0.3 is 10.4 Å². The second-order valence-corrected chi connectivity index (χ2v) is 3.70. The number of aliphatic carboxylic acids is 1. The topological polar surface area (TPSA) is 90.2 Å². The minimum atomic E-state index is -1.13. The van der Waals surface area contributed by atoms with Gasteiger partial charge in [-0.25, -0.2) is 4.79 Å². The van der Waals surface area contributed by atoms with Crippen molar-refractivity contribution in [3.8, 4) is 6.07 Å². The van der Waals surface area contributed by atoms with Gasteiger partial charge in [0.1, 0.15) is 0 Å². The van der Waals surface area contributed by atoms with Crippen molar-refractivity contribution in [1.82, 2.24) is 0 Å². The number of carboxylic acid groups (broad SMARTS) is 1. The summed E-state index contributed by atoms with van der Waals surface area (Å²) in [5.41, 5.74) is 0.995. The van der Waals surface area contributed by atoms with E-state index in [1.807, 2.05) is 6.07 Å². The molecule has 5 heteroatoms. The molecule has 18 heavy (non-hydrogen) atoms. The highest BCUT2D eigenvalue weighted by Crippen LogP contribution is 2.12. The van der Waals surface area contributed by atoms with Gasteiger partial charge in [-0.05, 0) is 32.0 Å². The quantitative estimate of drug-likeness (QED) is 0.795. The lowest BCUT2D eigenvalue weighted by Crippen LogP contribution is -2.16. The van der Waals surface area contributed by atoms with Gasteiger partial charge in [-0.15, -0.1) is 0 Å². The van der Waals surface area contributed by atoms with Gasteiger partial charge in [0.2, 0.25) is 0 Å². The number of hydrogen-bond donors (Lipinski definition) is 2. The molecule has 0 saturated carbocycles. The lowest BCUT2D eigenvalue weighted by molar-refractivity contribution is -0.133. The number of anilines is 1. The second kappa shape index (κ2) is 5.64. The molecular formula is C13H12N2O3. The molecule has 2 N–H and O–H groups in total. The van der Waals surface area contributed by atoms with Crippen molar-refractivity contribution >= 4 is 17.6 Å². The first-order valence-electron chi connectivity index (χ1n) is 5.18. The zero-order valence-electron chi connectivity index (χ0n) is 10.0. The van der Waals surface area contributed by atoms with Crippen LogP contribution in [-0.4, -0.2) is 17.0 Å². The van der Waals surface area contributed by atoms with Crippen LogP contribution in [0.4, 0.5) is 5.69 Å². The van der Waals surface area contributed by atoms with Gasteiger partial charge in [-0.2, -0.15) is 5.26 Å².